The minimum atomic E-state index is -4.16. The summed E-state index contributed by atoms with van der Waals surface area (Å²) >= 11 is 0. The van der Waals surface area contributed by atoms with Crippen LogP contribution < -0.4 is 11.1 Å². The van der Waals surface area contributed by atoms with Crippen LogP contribution in [0.1, 0.15) is 32.6 Å². The first-order valence-corrected chi connectivity index (χ1v) is 4.97. The molecule has 0 spiro atoms. The Labute approximate surface area is 99.4 Å². The number of carbonyl (C=O) groups excluding carboxylic acids is 1. The zero-order valence-electron chi connectivity index (χ0n) is 9.14. The van der Waals surface area contributed by atoms with Crippen LogP contribution in [0, 0.1) is 0 Å². The molecular weight excluding hydrogens is 245 g/mol. The number of amides is 1. The standard InChI is InChI=1S/C9H17F3N2O.ClH/c1-2-4-7(13)8(15)14-6-3-5-9(10,11)12;/h7H,2-6,13H2,1H3,(H,14,15);1H. The van der Waals surface area contributed by atoms with Crippen molar-refractivity contribution in [2.75, 3.05) is 6.54 Å². The number of alkyl halides is 3. The molecule has 0 aliphatic carbocycles. The molecule has 0 aliphatic rings. The van der Waals surface area contributed by atoms with Gasteiger partial charge in [0.25, 0.3) is 0 Å². The Hall–Kier alpha value is -0.490. The summed E-state index contributed by atoms with van der Waals surface area (Å²) < 4.78 is 35.2. The maximum absolute atomic E-state index is 11.7. The third-order valence-corrected chi connectivity index (χ3v) is 1.87. The molecule has 1 amide bonds. The van der Waals surface area contributed by atoms with Gasteiger partial charge in [-0.25, -0.2) is 0 Å². The smallest absolute Gasteiger partial charge is 0.355 e. The van der Waals surface area contributed by atoms with Crippen molar-refractivity contribution in [1.82, 2.24) is 5.32 Å². The molecule has 0 rings (SSSR count). The van der Waals surface area contributed by atoms with Gasteiger partial charge in [0.2, 0.25) is 5.91 Å². The Bertz CT molecular complexity index is 200. The molecule has 16 heavy (non-hydrogen) atoms. The Morgan fingerprint density at radius 2 is 2.00 bits per heavy atom. The average Bonchev–Trinajstić information content (AvgIpc) is 2.11. The monoisotopic (exact) mass is 262 g/mol. The Balaban J connectivity index is 0. The average molecular weight is 263 g/mol. The van der Waals surface area contributed by atoms with Crippen LogP contribution in [-0.4, -0.2) is 24.7 Å². The molecule has 0 fully saturated rings. The molecule has 3 nitrogen and oxygen atoms in total. The fourth-order valence-corrected chi connectivity index (χ4v) is 1.07. The van der Waals surface area contributed by atoms with Crippen LogP contribution in [0.3, 0.4) is 0 Å². The Morgan fingerprint density at radius 3 is 2.44 bits per heavy atom. The lowest BCUT2D eigenvalue weighted by Crippen LogP contribution is -2.40. The van der Waals surface area contributed by atoms with Crippen LogP contribution in [0.5, 0.6) is 0 Å². The second-order valence-corrected chi connectivity index (χ2v) is 3.40. The number of nitrogens with one attached hydrogen (secondary N) is 1. The molecule has 0 bridgehead atoms. The largest absolute Gasteiger partial charge is 0.389 e. The lowest BCUT2D eigenvalue weighted by atomic mass is 10.1. The van der Waals surface area contributed by atoms with Gasteiger partial charge in [-0.15, -0.1) is 12.4 Å². The number of nitrogens with two attached hydrogens (primary N) is 1. The molecule has 98 valence electrons. The zero-order chi connectivity index (χ0) is 11.9. The first-order chi connectivity index (χ1) is 6.87. The molecule has 0 saturated heterocycles. The molecule has 0 aromatic rings. The Morgan fingerprint density at radius 1 is 1.44 bits per heavy atom. The highest BCUT2D eigenvalue weighted by atomic mass is 35.5. The first-order valence-electron chi connectivity index (χ1n) is 4.97. The maximum atomic E-state index is 11.7. The lowest BCUT2D eigenvalue weighted by Gasteiger charge is -2.11. The summed E-state index contributed by atoms with van der Waals surface area (Å²) in [6.45, 7) is 1.91. The molecule has 0 aromatic carbocycles. The summed E-state index contributed by atoms with van der Waals surface area (Å²) in [6.07, 6.45) is -3.82. The van der Waals surface area contributed by atoms with E-state index in [4.69, 9.17) is 5.73 Å². The van der Waals surface area contributed by atoms with Gasteiger partial charge in [0.1, 0.15) is 0 Å². The zero-order valence-corrected chi connectivity index (χ0v) is 9.96. The normalized spacial score (nSPS) is 12.8. The second kappa shape index (κ2) is 8.64. The van der Waals surface area contributed by atoms with Gasteiger partial charge in [-0.2, -0.15) is 13.2 Å². The third-order valence-electron chi connectivity index (χ3n) is 1.87. The number of hydrogen-bond donors (Lipinski definition) is 2. The number of carbonyl (C=O) groups is 1. The van der Waals surface area contributed by atoms with E-state index < -0.39 is 18.6 Å². The second-order valence-electron chi connectivity index (χ2n) is 3.40. The van der Waals surface area contributed by atoms with Crippen molar-refractivity contribution >= 4 is 18.3 Å². The topological polar surface area (TPSA) is 55.1 Å². The van der Waals surface area contributed by atoms with Crippen LogP contribution in [-0.2, 0) is 4.79 Å². The van der Waals surface area contributed by atoms with Gasteiger partial charge in [0, 0.05) is 13.0 Å². The fraction of sp³-hybridized carbons (Fsp3) is 0.889. The summed E-state index contributed by atoms with van der Waals surface area (Å²) in [6, 6.07) is -0.610. The molecule has 3 N–H and O–H groups in total. The summed E-state index contributed by atoms with van der Waals surface area (Å²) in [7, 11) is 0. The van der Waals surface area contributed by atoms with Crippen molar-refractivity contribution in [2.45, 2.75) is 44.8 Å². The Kier molecular flexibility index (Phi) is 9.66. The van der Waals surface area contributed by atoms with Crippen LogP contribution in [0.15, 0.2) is 0 Å². The predicted molar refractivity (Wildman–Crippen MR) is 58.4 cm³/mol. The van der Waals surface area contributed by atoms with Crippen molar-refractivity contribution < 1.29 is 18.0 Å². The van der Waals surface area contributed by atoms with Gasteiger partial charge in [-0.3, -0.25) is 4.79 Å². The molecular formula is C9H18ClF3N2O. The summed E-state index contributed by atoms with van der Waals surface area (Å²) in [5, 5.41) is 2.38. The predicted octanol–water partition coefficient (Wildman–Crippen LogP) is 1.99. The molecule has 1 atom stereocenters. The SMILES string of the molecule is CCCC(N)C(=O)NCCCC(F)(F)F.Cl. The lowest BCUT2D eigenvalue weighted by molar-refractivity contribution is -0.136. The van der Waals surface area contributed by atoms with Gasteiger partial charge in [0.15, 0.2) is 0 Å². The van der Waals surface area contributed by atoms with Gasteiger partial charge >= 0.3 is 6.18 Å². The van der Waals surface area contributed by atoms with Crippen molar-refractivity contribution in [3.63, 3.8) is 0 Å². The van der Waals surface area contributed by atoms with E-state index in [1.165, 1.54) is 0 Å². The first kappa shape index (κ1) is 17.9. The highest BCUT2D eigenvalue weighted by Gasteiger charge is 2.26. The van der Waals surface area contributed by atoms with Crippen molar-refractivity contribution in [1.29, 1.82) is 0 Å². The quantitative estimate of drug-likeness (QED) is 0.720. The fourth-order valence-electron chi connectivity index (χ4n) is 1.07. The highest BCUT2D eigenvalue weighted by molar-refractivity contribution is 5.85. The molecule has 0 radical (unpaired) electrons. The van der Waals surface area contributed by atoms with Gasteiger partial charge < -0.3 is 11.1 Å². The molecule has 0 saturated carbocycles. The summed E-state index contributed by atoms with van der Waals surface area (Å²) in [5.41, 5.74) is 5.46. The van der Waals surface area contributed by atoms with Gasteiger partial charge in [0.05, 0.1) is 6.04 Å². The molecule has 1 unspecified atom stereocenters. The van der Waals surface area contributed by atoms with Crippen molar-refractivity contribution in [3.05, 3.63) is 0 Å². The number of halogens is 4. The maximum Gasteiger partial charge on any atom is 0.389 e. The highest BCUT2D eigenvalue weighted by Crippen LogP contribution is 2.20. The van der Waals surface area contributed by atoms with E-state index in [0.717, 1.165) is 6.42 Å². The van der Waals surface area contributed by atoms with E-state index in [9.17, 15) is 18.0 Å². The van der Waals surface area contributed by atoms with Crippen LogP contribution >= 0.6 is 12.4 Å². The molecule has 0 aliphatic heterocycles. The molecule has 0 aromatic heterocycles. The van der Waals surface area contributed by atoms with Crippen LogP contribution in [0.25, 0.3) is 0 Å². The minimum Gasteiger partial charge on any atom is -0.355 e. The van der Waals surface area contributed by atoms with Crippen LogP contribution in [0.4, 0.5) is 13.2 Å². The van der Waals surface area contributed by atoms with E-state index in [2.05, 4.69) is 5.32 Å². The molecule has 7 heteroatoms. The van der Waals surface area contributed by atoms with Crippen molar-refractivity contribution in [3.8, 4) is 0 Å². The van der Waals surface area contributed by atoms with E-state index in [0.29, 0.717) is 6.42 Å². The van der Waals surface area contributed by atoms with Crippen LogP contribution in [0.2, 0.25) is 0 Å². The van der Waals surface area contributed by atoms with Gasteiger partial charge in [-0.05, 0) is 12.8 Å². The molecule has 0 heterocycles. The van der Waals surface area contributed by atoms with E-state index in [1.807, 2.05) is 6.92 Å². The number of hydrogen-bond acceptors (Lipinski definition) is 2. The van der Waals surface area contributed by atoms with Gasteiger partial charge in [-0.1, -0.05) is 13.3 Å². The van der Waals surface area contributed by atoms with Crippen molar-refractivity contribution in [2.24, 2.45) is 5.73 Å². The third kappa shape index (κ3) is 10.0. The van der Waals surface area contributed by atoms with E-state index >= 15 is 0 Å². The summed E-state index contributed by atoms with van der Waals surface area (Å²) in [5.74, 6) is -0.376. The van der Waals surface area contributed by atoms with E-state index in [1.54, 1.807) is 0 Å². The summed E-state index contributed by atoms with van der Waals surface area (Å²) in [4.78, 5) is 11.1. The van der Waals surface area contributed by atoms with E-state index in [-0.39, 0.29) is 31.3 Å². The number of rotatable bonds is 6. The minimum absolute atomic E-state index is 0.